The number of halogens is 2. The van der Waals surface area contributed by atoms with Crippen LogP contribution >= 0.6 is 23.2 Å². The Labute approximate surface area is 170 Å². The summed E-state index contributed by atoms with van der Waals surface area (Å²) >= 11 is 11.9. The first-order valence-electron chi connectivity index (χ1n) is 9.24. The van der Waals surface area contributed by atoms with Crippen molar-refractivity contribution < 1.29 is 4.79 Å². The fraction of sp³-hybridized carbons (Fsp3) is 0.474. The van der Waals surface area contributed by atoms with Gasteiger partial charge in [-0.1, -0.05) is 30.1 Å². The standard InChI is InChI=1S/C19H25Cl2N5O/c1-2-18-22-5-6-26(18)12-11-24-7-9-25(10-8-24)14-19(27)23-15-3-4-16(20)17(21)13-15/h3-6,13H,2,7-12,14H2,1H3,(H,23,27). The second-order valence-electron chi connectivity index (χ2n) is 6.69. The lowest BCUT2D eigenvalue weighted by Gasteiger charge is -2.34. The summed E-state index contributed by atoms with van der Waals surface area (Å²) in [6, 6.07) is 5.10. The zero-order valence-electron chi connectivity index (χ0n) is 15.5. The third-order valence-corrected chi connectivity index (χ3v) is 5.55. The number of imidazole rings is 1. The summed E-state index contributed by atoms with van der Waals surface area (Å²) in [4.78, 5) is 21.2. The van der Waals surface area contributed by atoms with Crippen LogP contribution in [0.4, 0.5) is 5.69 Å². The molecule has 6 nitrogen and oxygen atoms in total. The Morgan fingerprint density at radius 1 is 1.11 bits per heavy atom. The summed E-state index contributed by atoms with van der Waals surface area (Å²) in [5.74, 6) is 1.10. The zero-order chi connectivity index (χ0) is 19.2. The number of nitrogens with zero attached hydrogens (tertiary/aromatic N) is 4. The van der Waals surface area contributed by atoms with Gasteiger partial charge in [-0.2, -0.15) is 0 Å². The summed E-state index contributed by atoms with van der Waals surface area (Å²) in [5, 5.41) is 3.79. The van der Waals surface area contributed by atoms with Crippen molar-refractivity contribution in [1.82, 2.24) is 19.4 Å². The van der Waals surface area contributed by atoms with Crippen molar-refractivity contribution in [3.8, 4) is 0 Å². The number of nitrogens with one attached hydrogen (secondary N) is 1. The van der Waals surface area contributed by atoms with E-state index in [2.05, 4.69) is 31.6 Å². The van der Waals surface area contributed by atoms with Gasteiger partial charge in [0.05, 0.1) is 16.6 Å². The molecule has 1 fully saturated rings. The number of hydrogen-bond acceptors (Lipinski definition) is 4. The van der Waals surface area contributed by atoms with Crippen LogP contribution in [0, 0.1) is 0 Å². The van der Waals surface area contributed by atoms with E-state index in [0.29, 0.717) is 22.3 Å². The average molecular weight is 410 g/mol. The van der Waals surface area contributed by atoms with Gasteiger partial charge in [-0.15, -0.1) is 0 Å². The molecule has 0 radical (unpaired) electrons. The fourth-order valence-corrected chi connectivity index (χ4v) is 3.55. The van der Waals surface area contributed by atoms with E-state index in [1.54, 1.807) is 18.2 Å². The molecule has 3 rings (SSSR count). The van der Waals surface area contributed by atoms with Gasteiger partial charge in [-0.25, -0.2) is 4.98 Å². The number of hydrogen-bond donors (Lipinski definition) is 1. The average Bonchev–Trinajstić information content (AvgIpc) is 3.12. The number of amides is 1. The van der Waals surface area contributed by atoms with Crippen molar-refractivity contribution in [3.05, 3.63) is 46.5 Å². The highest BCUT2D eigenvalue weighted by Crippen LogP contribution is 2.24. The number of carbonyl (C=O) groups excluding carboxylic acids is 1. The monoisotopic (exact) mass is 409 g/mol. The molecule has 2 heterocycles. The Kier molecular flexibility index (Phi) is 7.13. The van der Waals surface area contributed by atoms with E-state index in [0.717, 1.165) is 51.5 Å². The third kappa shape index (κ3) is 5.69. The normalized spacial score (nSPS) is 15.8. The number of anilines is 1. The van der Waals surface area contributed by atoms with Crippen LogP contribution in [0.3, 0.4) is 0 Å². The molecular formula is C19H25Cl2N5O. The minimum absolute atomic E-state index is 0.0344. The Balaban J connectivity index is 1.39. The van der Waals surface area contributed by atoms with E-state index in [1.165, 1.54) is 0 Å². The van der Waals surface area contributed by atoms with E-state index in [-0.39, 0.29) is 5.91 Å². The molecule has 146 valence electrons. The molecule has 0 saturated carbocycles. The van der Waals surface area contributed by atoms with Crippen molar-refractivity contribution in [3.63, 3.8) is 0 Å². The smallest absolute Gasteiger partial charge is 0.238 e. The first-order chi connectivity index (χ1) is 13.0. The van der Waals surface area contributed by atoms with Gasteiger partial charge in [0.2, 0.25) is 5.91 Å². The number of benzene rings is 1. The number of aromatic nitrogens is 2. The maximum atomic E-state index is 12.3. The lowest BCUT2D eigenvalue weighted by molar-refractivity contribution is -0.117. The van der Waals surface area contributed by atoms with Gasteiger partial charge in [-0.3, -0.25) is 14.6 Å². The summed E-state index contributed by atoms with van der Waals surface area (Å²) in [6.45, 7) is 8.19. The van der Waals surface area contributed by atoms with Crippen molar-refractivity contribution in [1.29, 1.82) is 0 Å². The molecule has 1 aliphatic rings. The van der Waals surface area contributed by atoms with Crippen molar-refractivity contribution in [2.45, 2.75) is 19.9 Å². The molecule has 2 aromatic rings. The Hall–Kier alpha value is -1.60. The van der Waals surface area contributed by atoms with Crippen LogP contribution in [0.15, 0.2) is 30.6 Å². The number of piperazine rings is 1. The highest BCUT2D eigenvalue weighted by molar-refractivity contribution is 6.42. The van der Waals surface area contributed by atoms with Gasteiger partial charge in [0.15, 0.2) is 0 Å². The molecular weight excluding hydrogens is 385 g/mol. The molecule has 1 aromatic carbocycles. The van der Waals surface area contributed by atoms with E-state index >= 15 is 0 Å². The van der Waals surface area contributed by atoms with Crippen LogP contribution < -0.4 is 5.32 Å². The molecule has 1 N–H and O–H groups in total. The van der Waals surface area contributed by atoms with Crippen molar-refractivity contribution >= 4 is 34.8 Å². The minimum atomic E-state index is -0.0344. The molecule has 0 atom stereocenters. The largest absolute Gasteiger partial charge is 0.334 e. The molecule has 8 heteroatoms. The van der Waals surface area contributed by atoms with Crippen LogP contribution in [-0.2, 0) is 17.8 Å². The SMILES string of the molecule is CCc1nccn1CCN1CCN(CC(=O)Nc2ccc(Cl)c(Cl)c2)CC1. The second-order valence-corrected chi connectivity index (χ2v) is 7.50. The van der Waals surface area contributed by atoms with Gasteiger partial charge in [0.25, 0.3) is 0 Å². The Morgan fingerprint density at radius 3 is 2.56 bits per heavy atom. The van der Waals surface area contributed by atoms with Gasteiger partial charge < -0.3 is 9.88 Å². The molecule has 0 unspecified atom stereocenters. The van der Waals surface area contributed by atoms with E-state index in [4.69, 9.17) is 23.2 Å². The van der Waals surface area contributed by atoms with Gasteiger partial charge in [0.1, 0.15) is 5.82 Å². The lowest BCUT2D eigenvalue weighted by Crippen LogP contribution is -2.49. The summed E-state index contributed by atoms with van der Waals surface area (Å²) in [6.07, 6.45) is 4.86. The zero-order valence-corrected chi connectivity index (χ0v) is 17.0. The van der Waals surface area contributed by atoms with Crippen LogP contribution in [-0.4, -0.2) is 64.5 Å². The fourth-order valence-electron chi connectivity index (χ4n) is 3.26. The summed E-state index contributed by atoms with van der Waals surface area (Å²) in [7, 11) is 0. The molecule has 1 aliphatic heterocycles. The predicted molar refractivity (Wildman–Crippen MR) is 110 cm³/mol. The first-order valence-corrected chi connectivity index (χ1v) is 10.0. The maximum Gasteiger partial charge on any atom is 0.238 e. The van der Waals surface area contributed by atoms with Crippen LogP contribution in [0.2, 0.25) is 10.0 Å². The van der Waals surface area contributed by atoms with E-state index < -0.39 is 0 Å². The highest BCUT2D eigenvalue weighted by Gasteiger charge is 2.19. The maximum absolute atomic E-state index is 12.3. The topological polar surface area (TPSA) is 53.4 Å². The minimum Gasteiger partial charge on any atom is -0.334 e. The quantitative estimate of drug-likeness (QED) is 0.763. The first kappa shape index (κ1) is 20.1. The van der Waals surface area contributed by atoms with Gasteiger partial charge >= 0.3 is 0 Å². The molecule has 0 bridgehead atoms. The lowest BCUT2D eigenvalue weighted by atomic mass is 10.3. The number of aryl methyl sites for hydroxylation is 1. The van der Waals surface area contributed by atoms with Crippen LogP contribution in [0.1, 0.15) is 12.7 Å². The van der Waals surface area contributed by atoms with Crippen molar-refractivity contribution in [2.75, 3.05) is 44.6 Å². The second kappa shape index (κ2) is 9.55. The van der Waals surface area contributed by atoms with E-state index in [1.807, 2.05) is 12.4 Å². The van der Waals surface area contributed by atoms with Gasteiger partial charge in [-0.05, 0) is 18.2 Å². The van der Waals surface area contributed by atoms with Crippen molar-refractivity contribution in [2.24, 2.45) is 0 Å². The summed E-state index contributed by atoms with van der Waals surface area (Å²) in [5.41, 5.74) is 0.667. The molecule has 1 amide bonds. The molecule has 0 spiro atoms. The molecule has 27 heavy (non-hydrogen) atoms. The molecule has 1 aromatic heterocycles. The van der Waals surface area contributed by atoms with Crippen LogP contribution in [0.25, 0.3) is 0 Å². The molecule has 0 aliphatic carbocycles. The van der Waals surface area contributed by atoms with E-state index in [9.17, 15) is 4.79 Å². The summed E-state index contributed by atoms with van der Waals surface area (Å²) < 4.78 is 2.22. The Bertz CT molecular complexity index is 771. The number of carbonyl (C=O) groups is 1. The highest BCUT2D eigenvalue weighted by atomic mass is 35.5. The number of rotatable bonds is 7. The Morgan fingerprint density at radius 2 is 1.85 bits per heavy atom. The van der Waals surface area contributed by atoms with Gasteiger partial charge in [0, 0.05) is 63.8 Å². The van der Waals surface area contributed by atoms with Crippen LogP contribution in [0.5, 0.6) is 0 Å². The molecule has 1 saturated heterocycles. The predicted octanol–water partition coefficient (Wildman–Crippen LogP) is 3.01. The third-order valence-electron chi connectivity index (χ3n) is 4.81.